The number of halogens is 2. The summed E-state index contributed by atoms with van der Waals surface area (Å²) in [5.74, 6) is -0.344. The van der Waals surface area contributed by atoms with Gasteiger partial charge in [-0.15, -0.1) is 0 Å². The molecule has 140 valence electrons. The van der Waals surface area contributed by atoms with Crippen LogP contribution in [0.4, 0.5) is 14.5 Å². The molecule has 0 unspecified atom stereocenters. The summed E-state index contributed by atoms with van der Waals surface area (Å²) < 4.78 is 37.3. The molecule has 6 heteroatoms. The molecular weight excluding hydrogens is 338 g/mol. The molecule has 2 aromatic rings. The highest BCUT2D eigenvalue weighted by molar-refractivity contribution is 5.49. The van der Waals surface area contributed by atoms with Crippen molar-refractivity contribution >= 4 is 5.69 Å². The molecule has 3 rings (SSSR count). The zero-order chi connectivity index (χ0) is 18.2. The highest BCUT2D eigenvalue weighted by atomic mass is 19.1. The molecule has 1 saturated heterocycles. The first-order valence-electron chi connectivity index (χ1n) is 8.92. The van der Waals surface area contributed by atoms with E-state index in [1.807, 2.05) is 12.1 Å². The molecule has 26 heavy (non-hydrogen) atoms. The van der Waals surface area contributed by atoms with E-state index in [0.717, 1.165) is 38.0 Å². The molecule has 1 aliphatic rings. The summed E-state index contributed by atoms with van der Waals surface area (Å²) in [4.78, 5) is 2.35. The van der Waals surface area contributed by atoms with Crippen LogP contribution in [0.15, 0.2) is 42.5 Å². The number of hydrogen-bond acceptors (Lipinski definition) is 4. The van der Waals surface area contributed by atoms with Gasteiger partial charge in [-0.25, -0.2) is 8.78 Å². The fraction of sp³-hybridized carbons (Fsp3) is 0.400. The molecule has 0 spiro atoms. The highest BCUT2D eigenvalue weighted by Crippen LogP contribution is 2.20. The van der Waals surface area contributed by atoms with E-state index in [0.29, 0.717) is 25.2 Å². The molecular formula is C20H24F2N2O2. The van der Waals surface area contributed by atoms with E-state index in [-0.39, 0.29) is 6.61 Å². The van der Waals surface area contributed by atoms with Crippen LogP contribution in [0, 0.1) is 11.6 Å². The van der Waals surface area contributed by atoms with Crippen molar-refractivity contribution in [1.82, 2.24) is 5.32 Å². The van der Waals surface area contributed by atoms with Gasteiger partial charge in [0.1, 0.15) is 17.4 Å². The topological polar surface area (TPSA) is 33.7 Å². The lowest BCUT2D eigenvalue weighted by Crippen LogP contribution is -2.43. The largest absolute Gasteiger partial charge is 0.494 e. The van der Waals surface area contributed by atoms with Crippen LogP contribution in [-0.2, 0) is 11.3 Å². The molecule has 1 fully saturated rings. The van der Waals surface area contributed by atoms with Crippen molar-refractivity contribution in [2.45, 2.75) is 13.0 Å². The molecule has 1 N–H and O–H groups in total. The fourth-order valence-electron chi connectivity index (χ4n) is 2.91. The predicted molar refractivity (Wildman–Crippen MR) is 97.7 cm³/mol. The second-order valence-corrected chi connectivity index (χ2v) is 6.26. The summed E-state index contributed by atoms with van der Waals surface area (Å²) in [6.07, 6.45) is 0.706. The molecule has 0 atom stereocenters. The third kappa shape index (κ3) is 5.68. The third-order valence-corrected chi connectivity index (χ3v) is 4.21. The fourth-order valence-corrected chi connectivity index (χ4v) is 2.91. The number of piperazine rings is 1. The lowest BCUT2D eigenvalue weighted by molar-refractivity contribution is 0.107. The van der Waals surface area contributed by atoms with Gasteiger partial charge < -0.3 is 19.7 Å². The second-order valence-electron chi connectivity index (χ2n) is 6.26. The van der Waals surface area contributed by atoms with Crippen molar-refractivity contribution in [2.75, 3.05) is 44.3 Å². The van der Waals surface area contributed by atoms with Gasteiger partial charge in [0.2, 0.25) is 0 Å². The summed E-state index contributed by atoms with van der Waals surface area (Å²) in [5, 5.41) is 3.34. The van der Waals surface area contributed by atoms with Gasteiger partial charge in [-0.3, -0.25) is 0 Å². The standard InChI is InChI=1S/C20H24F2N2O2/c21-17-12-16(13-18(22)14-17)15-25-10-1-11-26-20-4-2-19(3-5-20)24-8-6-23-7-9-24/h2-5,12-14,23H,1,6-11,15H2. The van der Waals surface area contributed by atoms with Gasteiger partial charge in [0.05, 0.1) is 19.8 Å². The maximum absolute atomic E-state index is 13.1. The first-order valence-corrected chi connectivity index (χ1v) is 8.92. The monoisotopic (exact) mass is 362 g/mol. The van der Waals surface area contributed by atoms with Crippen molar-refractivity contribution < 1.29 is 18.3 Å². The van der Waals surface area contributed by atoms with Crippen LogP contribution in [0.3, 0.4) is 0 Å². The van der Waals surface area contributed by atoms with Gasteiger partial charge in [0, 0.05) is 44.4 Å². The quantitative estimate of drug-likeness (QED) is 0.730. The first kappa shape index (κ1) is 18.6. The first-order chi connectivity index (χ1) is 12.7. The minimum Gasteiger partial charge on any atom is -0.494 e. The minimum absolute atomic E-state index is 0.189. The van der Waals surface area contributed by atoms with Crippen LogP contribution < -0.4 is 15.0 Å². The van der Waals surface area contributed by atoms with Gasteiger partial charge in [0.25, 0.3) is 0 Å². The number of hydrogen-bond donors (Lipinski definition) is 1. The number of benzene rings is 2. The van der Waals surface area contributed by atoms with E-state index in [1.54, 1.807) is 0 Å². The van der Waals surface area contributed by atoms with E-state index >= 15 is 0 Å². The average molecular weight is 362 g/mol. The Morgan fingerprint density at radius 3 is 2.31 bits per heavy atom. The minimum atomic E-state index is -0.587. The summed E-state index contributed by atoms with van der Waals surface area (Å²) in [5.41, 5.74) is 1.71. The molecule has 1 aliphatic heterocycles. The Hall–Kier alpha value is -2.18. The number of nitrogens with zero attached hydrogens (tertiary/aromatic N) is 1. The maximum atomic E-state index is 13.1. The SMILES string of the molecule is Fc1cc(F)cc(COCCCOc2ccc(N3CCNCC3)cc2)c1. The molecule has 0 saturated carbocycles. The Morgan fingerprint density at radius 2 is 1.62 bits per heavy atom. The van der Waals surface area contributed by atoms with Crippen molar-refractivity contribution in [2.24, 2.45) is 0 Å². The zero-order valence-electron chi connectivity index (χ0n) is 14.7. The van der Waals surface area contributed by atoms with Gasteiger partial charge in [-0.2, -0.15) is 0 Å². The molecule has 0 bridgehead atoms. The smallest absolute Gasteiger partial charge is 0.126 e. The van der Waals surface area contributed by atoms with Crippen molar-refractivity contribution in [1.29, 1.82) is 0 Å². The Kier molecular flexibility index (Phi) is 6.80. The van der Waals surface area contributed by atoms with Crippen LogP contribution in [0.5, 0.6) is 5.75 Å². The number of anilines is 1. The second kappa shape index (κ2) is 9.50. The molecule has 4 nitrogen and oxygen atoms in total. The van der Waals surface area contributed by atoms with Crippen LogP contribution >= 0.6 is 0 Å². The normalized spacial score (nSPS) is 14.5. The van der Waals surface area contributed by atoms with E-state index in [2.05, 4.69) is 22.3 Å². The van der Waals surface area contributed by atoms with Crippen molar-refractivity contribution in [3.8, 4) is 5.75 Å². The number of nitrogens with one attached hydrogen (secondary N) is 1. The Bertz CT molecular complexity index is 668. The van der Waals surface area contributed by atoms with E-state index in [4.69, 9.17) is 9.47 Å². The van der Waals surface area contributed by atoms with Gasteiger partial charge in [-0.05, 0) is 42.0 Å². The summed E-state index contributed by atoms with van der Waals surface area (Å²) in [7, 11) is 0. The van der Waals surface area contributed by atoms with Crippen LogP contribution in [-0.4, -0.2) is 39.4 Å². The van der Waals surface area contributed by atoms with Gasteiger partial charge >= 0.3 is 0 Å². The average Bonchev–Trinajstić information content (AvgIpc) is 2.65. The molecule has 0 radical (unpaired) electrons. The molecule has 0 aliphatic carbocycles. The van der Waals surface area contributed by atoms with Gasteiger partial charge in [-0.1, -0.05) is 0 Å². The molecule has 1 heterocycles. The molecule has 0 aromatic heterocycles. The molecule has 2 aromatic carbocycles. The van der Waals surface area contributed by atoms with Crippen molar-refractivity contribution in [3.05, 3.63) is 59.7 Å². The summed E-state index contributed by atoms with van der Waals surface area (Å²) in [6.45, 7) is 5.26. The van der Waals surface area contributed by atoms with Gasteiger partial charge in [0.15, 0.2) is 0 Å². The van der Waals surface area contributed by atoms with E-state index < -0.39 is 11.6 Å². The predicted octanol–water partition coefficient (Wildman–Crippen LogP) is 3.36. The Labute approximate surface area is 152 Å². The molecule has 0 amide bonds. The van der Waals surface area contributed by atoms with E-state index in [9.17, 15) is 8.78 Å². The maximum Gasteiger partial charge on any atom is 0.126 e. The number of rotatable bonds is 8. The Morgan fingerprint density at radius 1 is 0.923 bits per heavy atom. The number of ether oxygens (including phenoxy) is 2. The summed E-state index contributed by atoms with van der Waals surface area (Å²) in [6, 6.07) is 11.5. The van der Waals surface area contributed by atoms with Crippen LogP contribution in [0.1, 0.15) is 12.0 Å². The van der Waals surface area contributed by atoms with Crippen molar-refractivity contribution in [3.63, 3.8) is 0 Å². The summed E-state index contributed by atoms with van der Waals surface area (Å²) >= 11 is 0. The van der Waals surface area contributed by atoms with E-state index in [1.165, 1.54) is 17.8 Å². The highest BCUT2D eigenvalue weighted by Gasteiger charge is 2.10. The third-order valence-electron chi connectivity index (χ3n) is 4.21. The lowest BCUT2D eigenvalue weighted by atomic mass is 10.2. The van der Waals surface area contributed by atoms with Crippen LogP contribution in [0.25, 0.3) is 0 Å². The lowest BCUT2D eigenvalue weighted by Gasteiger charge is -2.29. The Balaban J connectivity index is 1.33. The zero-order valence-corrected chi connectivity index (χ0v) is 14.7. The van der Waals surface area contributed by atoms with Crippen LogP contribution in [0.2, 0.25) is 0 Å².